The van der Waals surface area contributed by atoms with E-state index >= 15 is 0 Å². The highest BCUT2D eigenvalue weighted by molar-refractivity contribution is 4.70. The van der Waals surface area contributed by atoms with Gasteiger partial charge in [-0.15, -0.1) is 0 Å². The third kappa shape index (κ3) is 9.84. The lowest BCUT2D eigenvalue weighted by Crippen LogP contribution is -2.26. The molecule has 0 saturated carbocycles. The summed E-state index contributed by atoms with van der Waals surface area (Å²) in [5.41, 5.74) is -0.732. The van der Waals surface area contributed by atoms with Gasteiger partial charge in [-0.1, -0.05) is 32.6 Å². The van der Waals surface area contributed by atoms with Gasteiger partial charge in [-0.3, -0.25) is 0 Å². The highest BCUT2D eigenvalue weighted by Crippen LogP contribution is 2.15. The van der Waals surface area contributed by atoms with Gasteiger partial charge < -0.3 is 10.2 Å². The van der Waals surface area contributed by atoms with Crippen molar-refractivity contribution in [3.8, 4) is 0 Å². The third-order valence-corrected chi connectivity index (χ3v) is 2.13. The summed E-state index contributed by atoms with van der Waals surface area (Å²) in [4.78, 5) is 0. The second kappa shape index (κ2) is 6.39. The van der Waals surface area contributed by atoms with Gasteiger partial charge in [0.05, 0.1) is 11.7 Å². The molecule has 0 rings (SSSR count). The van der Waals surface area contributed by atoms with Crippen LogP contribution in [0.3, 0.4) is 0 Å². The van der Waals surface area contributed by atoms with Crippen LogP contribution in [-0.2, 0) is 0 Å². The molecule has 0 aliphatic heterocycles. The smallest absolute Gasteiger partial charge is 0.0616 e. The van der Waals surface area contributed by atoms with E-state index in [9.17, 15) is 10.2 Å². The minimum absolute atomic E-state index is 0.336. The first-order valence-electron chi connectivity index (χ1n) is 5.36. The number of aliphatic hydroxyl groups is 2. The monoisotopic (exact) mass is 188 g/mol. The molecule has 13 heavy (non-hydrogen) atoms. The molecule has 1 atom stereocenters. The van der Waals surface area contributed by atoms with Crippen molar-refractivity contribution in [3.63, 3.8) is 0 Å². The predicted molar refractivity (Wildman–Crippen MR) is 55.7 cm³/mol. The summed E-state index contributed by atoms with van der Waals surface area (Å²) >= 11 is 0. The van der Waals surface area contributed by atoms with Gasteiger partial charge in [0.2, 0.25) is 0 Å². The molecule has 2 heteroatoms. The summed E-state index contributed by atoms with van der Waals surface area (Å²) in [5, 5.41) is 19.0. The second-order valence-corrected chi connectivity index (χ2v) is 4.52. The summed E-state index contributed by atoms with van der Waals surface area (Å²) in [7, 11) is 0. The normalized spacial score (nSPS) is 14.5. The maximum absolute atomic E-state index is 9.52. The van der Waals surface area contributed by atoms with Crippen LogP contribution < -0.4 is 0 Å². The van der Waals surface area contributed by atoms with Crippen molar-refractivity contribution in [2.24, 2.45) is 0 Å². The van der Waals surface area contributed by atoms with Gasteiger partial charge in [0.25, 0.3) is 0 Å². The van der Waals surface area contributed by atoms with Crippen LogP contribution in [0, 0.1) is 0 Å². The van der Waals surface area contributed by atoms with Crippen LogP contribution in [0.4, 0.5) is 0 Å². The highest BCUT2D eigenvalue weighted by Gasteiger charge is 2.17. The number of rotatable bonds is 7. The fourth-order valence-electron chi connectivity index (χ4n) is 1.49. The Morgan fingerprint density at radius 1 is 1.15 bits per heavy atom. The van der Waals surface area contributed by atoms with Gasteiger partial charge >= 0.3 is 0 Å². The number of hydrogen-bond acceptors (Lipinski definition) is 2. The zero-order chi connectivity index (χ0) is 10.3. The Bertz CT molecular complexity index is 116. The summed E-state index contributed by atoms with van der Waals surface area (Å²) in [6.07, 6.45) is 5.71. The molecule has 0 bridgehead atoms. The Hall–Kier alpha value is -0.0800. The van der Waals surface area contributed by atoms with Crippen molar-refractivity contribution in [1.82, 2.24) is 0 Å². The zero-order valence-corrected chi connectivity index (χ0v) is 9.21. The van der Waals surface area contributed by atoms with Gasteiger partial charge in [0, 0.05) is 6.42 Å². The molecule has 0 aromatic rings. The van der Waals surface area contributed by atoms with Crippen LogP contribution in [0.1, 0.15) is 59.3 Å². The summed E-state index contributed by atoms with van der Waals surface area (Å²) < 4.78 is 0. The standard InChI is InChI=1S/C11H24O2/c1-4-5-6-7-8-10(12)9-11(2,3)13/h10,12-13H,4-9H2,1-3H3. The van der Waals surface area contributed by atoms with Crippen molar-refractivity contribution >= 4 is 0 Å². The quantitative estimate of drug-likeness (QED) is 0.603. The van der Waals surface area contributed by atoms with Gasteiger partial charge in [0.1, 0.15) is 0 Å². The number of hydrogen-bond donors (Lipinski definition) is 2. The average Bonchev–Trinajstić information content (AvgIpc) is 1.94. The molecule has 0 aromatic heterocycles. The van der Waals surface area contributed by atoms with E-state index in [1.807, 2.05) is 0 Å². The first-order chi connectivity index (χ1) is 5.95. The summed E-state index contributed by atoms with van der Waals surface area (Å²) in [6, 6.07) is 0. The minimum atomic E-state index is -0.732. The molecule has 2 N–H and O–H groups in total. The molecule has 0 heterocycles. The van der Waals surface area contributed by atoms with Crippen molar-refractivity contribution in [1.29, 1.82) is 0 Å². The van der Waals surface area contributed by atoms with E-state index < -0.39 is 5.60 Å². The Morgan fingerprint density at radius 3 is 2.23 bits per heavy atom. The maximum Gasteiger partial charge on any atom is 0.0616 e. The lowest BCUT2D eigenvalue weighted by Gasteiger charge is -2.21. The molecular weight excluding hydrogens is 164 g/mol. The zero-order valence-electron chi connectivity index (χ0n) is 9.21. The van der Waals surface area contributed by atoms with Gasteiger partial charge in [-0.05, 0) is 20.3 Å². The molecular formula is C11H24O2. The van der Waals surface area contributed by atoms with Gasteiger partial charge in [0.15, 0.2) is 0 Å². The third-order valence-electron chi connectivity index (χ3n) is 2.13. The molecule has 0 aliphatic rings. The molecule has 0 saturated heterocycles. The second-order valence-electron chi connectivity index (χ2n) is 4.52. The molecule has 2 nitrogen and oxygen atoms in total. The topological polar surface area (TPSA) is 40.5 Å². The fraction of sp³-hybridized carbons (Fsp3) is 1.00. The van der Waals surface area contributed by atoms with Crippen molar-refractivity contribution in [2.45, 2.75) is 71.0 Å². The Kier molecular flexibility index (Phi) is 6.35. The molecule has 1 unspecified atom stereocenters. The van der Waals surface area contributed by atoms with Crippen LogP contribution in [0.15, 0.2) is 0 Å². The van der Waals surface area contributed by atoms with Crippen LogP contribution >= 0.6 is 0 Å². The van der Waals surface area contributed by atoms with E-state index in [1.54, 1.807) is 13.8 Å². The van der Waals surface area contributed by atoms with E-state index in [1.165, 1.54) is 19.3 Å². The SMILES string of the molecule is CCCCCCC(O)CC(C)(C)O. The molecule has 0 aliphatic carbocycles. The molecule has 0 spiro atoms. The fourth-order valence-corrected chi connectivity index (χ4v) is 1.49. The number of unbranched alkanes of at least 4 members (excludes halogenated alkanes) is 3. The van der Waals surface area contributed by atoms with Gasteiger partial charge in [-0.25, -0.2) is 0 Å². The summed E-state index contributed by atoms with van der Waals surface area (Å²) in [5.74, 6) is 0. The van der Waals surface area contributed by atoms with E-state index in [-0.39, 0.29) is 6.10 Å². The number of aliphatic hydroxyl groups excluding tert-OH is 1. The van der Waals surface area contributed by atoms with Crippen LogP contribution in [0.25, 0.3) is 0 Å². The Balaban J connectivity index is 3.35. The van der Waals surface area contributed by atoms with Crippen LogP contribution in [0.5, 0.6) is 0 Å². The van der Waals surface area contributed by atoms with E-state index in [2.05, 4.69) is 6.92 Å². The van der Waals surface area contributed by atoms with Gasteiger partial charge in [-0.2, -0.15) is 0 Å². The van der Waals surface area contributed by atoms with E-state index in [0.29, 0.717) is 6.42 Å². The molecule has 80 valence electrons. The van der Waals surface area contributed by atoms with Crippen LogP contribution in [-0.4, -0.2) is 21.9 Å². The van der Waals surface area contributed by atoms with Crippen molar-refractivity contribution < 1.29 is 10.2 Å². The summed E-state index contributed by atoms with van der Waals surface area (Å²) in [6.45, 7) is 5.65. The molecule has 0 aromatic carbocycles. The average molecular weight is 188 g/mol. The van der Waals surface area contributed by atoms with Crippen molar-refractivity contribution in [3.05, 3.63) is 0 Å². The Morgan fingerprint density at radius 2 is 1.77 bits per heavy atom. The van der Waals surface area contributed by atoms with E-state index in [0.717, 1.165) is 12.8 Å². The first-order valence-corrected chi connectivity index (χ1v) is 5.36. The highest BCUT2D eigenvalue weighted by atomic mass is 16.3. The van der Waals surface area contributed by atoms with E-state index in [4.69, 9.17) is 0 Å². The molecule has 0 amide bonds. The first kappa shape index (κ1) is 12.9. The Labute approximate surface area is 82.0 Å². The lowest BCUT2D eigenvalue weighted by molar-refractivity contribution is 0.0151. The maximum atomic E-state index is 9.52. The predicted octanol–water partition coefficient (Wildman–Crippen LogP) is 2.48. The minimum Gasteiger partial charge on any atom is -0.393 e. The van der Waals surface area contributed by atoms with Crippen LogP contribution in [0.2, 0.25) is 0 Å². The largest absolute Gasteiger partial charge is 0.393 e. The van der Waals surface area contributed by atoms with Crippen molar-refractivity contribution in [2.75, 3.05) is 0 Å². The molecule has 0 fully saturated rings. The lowest BCUT2D eigenvalue weighted by atomic mass is 9.97. The molecule has 0 radical (unpaired) electrons.